The Morgan fingerprint density at radius 2 is 1.47 bits per heavy atom. The van der Waals surface area contributed by atoms with Gasteiger partial charge < -0.3 is 11.1 Å². The molecular formula is C17H22N2. The molecular weight excluding hydrogens is 232 g/mol. The van der Waals surface area contributed by atoms with Gasteiger partial charge in [-0.2, -0.15) is 0 Å². The van der Waals surface area contributed by atoms with Crippen molar-refractivity contribution in [3.63, 3.8) is 0 Å². The molecule has 2 rings (SSSR count). The number of nitrogens with one attached hydrogen (secondary N) is 1. The lowest BCUT2D eigenvalue weighted by molar-refractivity contribution is 0.466. The van der Waals surface area contributed by atoms with Gasteiger partial charge in [0, 0.05) is 18.6 Å². The van der Waals surface area contributed by atoms with Crippen molar-refractivity contribution in [1.29, 1.82) is 0 Å². The lowest BCUT2D eigenvalue weighted by atomic mass is 10.0. The fraction of sp³-hybridized carbons (Fsp3) is 0.294. The molecule has 0 aromatic heterocycles. The summed E-state index contributed by atoms with van der Waals surface area (Å²) in [6, 6.07) is 19.1. The van der Waals surface area contributed by atoms with Crippen molar-refractivity contribution in [2.24, 2.45) is 5.73 Å². The van der Waals surface area contributed by atoms with Crippen molar-refractivity contribution in [2.75, 3.05) is 6.54 Å². The summed E-state index contributed by atoms with van der Waals surface area (Å²) < 4.78 is 0. The number of hydrogen-bond donors (Lipinski definition) is 2. The van der Waals surface area contributed by atoms with E-state index in [4.69, 9.17) is 5.73 Å². The van der Waals surface area contributed by atoms with E-state index in [1.54, 1.807) is 0 Å². The molecule has 0 fully saturated rings. The van der Waals surface area contributed by atoms with E-state index in [9.17, 15) is 0 Å². The number of hydrogen-bond acceptors (Lipinski definition) is 2. The zero-order valence-corrected chi connectivity index (χ0v) is 11.7. The summed E-state index contributed by atoms with van der Waals surface area (Å²) in [6.07, 6.45) is 0. The third-order valence-electron chi connectivity index (χ3n) is 2.97. The Kier molecular flexibility index (Phi) is 4.35. The van der Waals surface area contributed by atoms with Gasteiger partial charge in [0.05, 0.1) is 0 Å². The fourth-order valence-corrected chi connectivity index (χ4v) is 1.97. The molecule has 0 atom stereocenters. The van der Waals surface area contributed by atoms with Crippen LogP contribution in [0, 0.1) is 0 Å². The van der Waals surface area contributed by atoms with Crippen molar-refractivity contribution >= 4 is 0 Å². The average molecular weight is 254 g/mol. The quantitative estimate of drug-likeness (QED) is 0.860. The molecule has 2 heteroatoms. The van der Waals surface area contributed by atoms with E-state index in [1.165, 1.54) is 16.7 Å². The molecule has 3 N–H and O–H groups in total. The highest BCUT2D eigenvalue weighted by atomic mass is 14.9. The van der Waals surface area contributed by atoms with Crippen LogP contribution in [0.3, 0.4) is 0 Å². The molecule has 19 heavy (non-hydrogen) atoms. The topological polar surface area (TPSA) is 38.0 Å². The van der Waals surface area contributed by atoms with Gasteiger partial charge in [0.25, 0.3) is 0 Å². The van der Waals surface area contributed by atoms with E-state index in [0.29, 0.717) is 0 Å². The molecule has 0 amide bonds. The van der Waals surface area contributed by atoms with Crippen LogP contribution in [-0.2, 0) is 6.54 Å². The summed E-state index contributed by atoms with van der Waals surface area (Å²) in [4.78, 5) is 0. The second-order valence-electron chi connectivity index (χ2n) is 5.66. The zero-order chi connectivity index (χ0) is 13.7. The monoisotopic (exact) mass is 254 g/mol. The summed E-state index contributed by atoms with van der Waals surface area (Å²) in [6.45, 7) is 5.72. The molecule has 0 unspecified atom stereocenters. The molecule has 0 aliphatic heterocycles. The minimum atomic E-state index is -0.163. The smallest absolute Gasteiger partial charge is 0.0223 e. The first-order valence-corrected chi connectivity index (χ1v) is 6.68. The van der Waals surface area contributed by atoms with Crippen molar-refractivity contribution < 1.29 is 0 Å². The molecule has 0 radical (unpaired) electrons. The van der Waals surface area contributed by atoms with Crippen molar-refractivity contribution in [1.82, 2.24) is 5.32 Å². The summed E-state index contributed by atoms with van der Waals surface area (Å²) >= 11 is 0. The van der Waals surface area contributed by atoms with Crippen molar-refractivity contribution in [3.8, 4) is 11.1 Å². The molecule has 100 valence electrons. The predicted molar refractivity (Wildman–Crippen MR) is 81.9 cm³/mol. The van der Waals surface area contributed by atoms with Crippen LogP contribution in [0.2, 0.25) is 0 Å². The highest BCUT2D eigenvalue weighted by Gasteiger charge is 2.08. The van der Waals surface area contributed by atoms with Crippen LogP contribution in [0.15, 0.2) is 54.6 Å². The number of benzene rings is 2. The van der Waals surface area contributed by atoms with Gasteiger partial charge in [0.15, 0.2) is 0 Å². The maximum Gasteiger partial charge on any atom is 0.0223 e. The third kappa shape index (κ3) is 4.51. The first kappa shape index (κ1) is 13.8. The zero-order valence-electron chi connectivity index (χ0n) is 11.7. The number of rotatable bonds is 5. The van der Waals surface area contributed by atoms with Gasteiger partial charge in [-0.05, 0) is 30.5 Å². The van der Waals surface area contributed by atoms with Crippen LogP contribution in [0.4, 0.5) is 0 Å². The highest BCUT2D eigenvalue weighted by Crippen LogP contribution is 2.19. The van der Waals surface area contributed by atoms with E-state index >= 15 is 0 Å². The van der Waals surface area contributed by atoms with Crippen LogP contribution in [-0.4, -0.2) is 12.1 Å². The summed E-state index contributed by atoms with van der Waals surface area (Å²) in [7, 11) is 0. The van der Waals surface area contributed by atoms with Crippen LogP contribution < -0.4 is 11.1 Å². The normalized spacial score (nSPS) is 11.5. The van der Waals surface area contributed by atoms with E-state index < -0.39 is 0 Å². The Labute approximate surface area is 115 Å². The maximum absolute atomic E-state index is 5.94. The Hall–Kier alpha value is -1.64. The van der Waals surface area contributed by atoms with E-state index in [0.717, 1.165) is 13.1 Å². The standard InChI is InChI=1S/C17H22N2/c1-17(2,18)13-19-12-14-8-10-16(11-9-14)15-6-4-3-5-7-15/h3-11,19H,12-13,18H2,1-2H3. The highest BCUT2D eigenvalue weighted by molar-refractivity contribution is 5.63. The van der Waals surface area contributed by atoms with E-state index in [-0.39, 0.29) is 5.54 Å². The van der Waals surface area contributed by atoms with Gasteiger partial charge in [0.2, 0.25) is 0 Å². The minimum absolute atomic E-state index is 0.163. The second kappa shape index (κ2) is 6.00. The van der Waals surface area contributed by atoms with Crippen molar-refractivity contribution in [2.45, 2.75) is 25.9 Å². The van der Waals surface area contributed by atoms with Crippen LogP contribution in [0.1, 0.15) is 19.4 Å². The van der Waals surface area contributed by atoms with Crippen LogP contribution in [0.5, 0.6) is 0 Å². The number of nitrogens with two attached hydrogens (primary N) is 1. The maximum atomic E-state index is 5.94. The van der Waals surface area contributed by atoms with Gasteiger partial charge in [-0.3, -0.25) is 0 Å². The van der Waals surface area contributed by atoms with Gasteiger partial charge in [-0.25, -0.2) is 0 Å². The lowest BCUT2D eigenvalue weighted by Crippen LogP contribution is -2.42. The van der Waals surface area contributed by atoms with E-state index in [2.05, 4.69) is 53.8 Å². The largest absolute Gasteiger partial charge is 0.324 e. The first-order valence-electron chi connectivity index (χ1n) is 6.68. The molecule has 2 nitrogen and oxygen atoms in total. The Morgan fingerprint density at radius 1 is 0.895 bits per heavy atom. The predicted octanol–water partition coefficient (Wildman–Crippen LogP) is 3.18. The second-order valence-corrected chi connectivity index (χ2v) is 5.66. The third-order valence-corrected chi connectivity index (χ3v) is 2.97. The molecule has 0 aliphatic rings. The fourth-order valence-electron chi connectivity index (χ4n) is 1.97. The molecule has 2 aromatic carbocycles. The van der Waals surface area contributed by atoms with Crippen molar-refractivity contribution in [3.05, 3.63) is 60.2 Å². The van der Waals surface area contributed by atoms with Gasteiger partial charge >= 0.3 is 0 Å². The van der Waals surface area contributed by atoms with Crippen LogP contribution >= 0.6 is 0 Å². The lowest BCUT2D eigenvalue weighted by Gasteiger charge is -2.19. The van der Waals surface area contributed by atoms with Gasteiger partial charge in [-0.1, -0.05) is 54.6 Å². The summed E-state index contributed by atoms with van der Waals surface area (Å²) in [5, 5.41) is 3.38. The minimum Gasteiger partial charge on any atom is -0.324 e. The molecule has 0 bridgehead atoms. The SMILES string of the molecule is CC(C)(N)CNCc1ccc(-c2ccccc2)cc1. The molecule has 0 saturated heterocycles. The summed E-state index contributed by atoms with van der Waals surface area (Å²) in [5.74, 6) is 0. The average Bonchev–Trinajstić information content (AvgIpc) is 2.39. The first-order chi connectivity index (χ1) is 9.04. The molecule has 0 spiro atoms. The molecule has 2 aromatic rings. The Morgan fingerprint density at radius 3 is 2.05 bits per heavy atom. The molecule has 0 aliphatic carbocycles. The van der Waals surface area contributed by atoms with E-state index in [1.807, 2.05) is 19.9 Å². The van der Waals surface area contributed by atoms with Gasteiger partial charge in [-0.15, -0.1) is 0 Å². The molecule has 0 saturated carbocycles. The summed E-state index contributed by atoms with van der Waals surface area (Å²) in [5.41, 5.74) is 9.56. The van der Waals surface area contributed by atoms with Crippen LogP contribution in [0.25, 0.3) is 11.1 Å². The Balaban J connectivity index is 1.96. The molecule has 0 heterocycles. The Bertz CT molecular complexity index is 495. The van der Waals surface area contributed by atoms with Gasteiger partial charge in [0.1, 0.15) is 0 Å².